The Morgan fingerprint density at radius 1 is 1.04 bits per heavy atom. The standard InChI is InChI=1S/C17H20F3NO5/c1-10(15(23)25-2)8-13(16(24)26-3)21-14(22)9-11-4-6-12(7-5-11)17(18,19)20/h4-7,10,13H,8-9H2,1-3H3,(H,21,22)/t10-,13+/m0/s1. The van der Waals surface area contributed by atoms with Gasteiger partial charge in [-0.1, -0.05) is 19.1 Å². The van der Waals surface area contributed by atoms with E-state index in [1.165, 1.54) is 26.2 Å². The second-order valence-corrected chi connectivity index (χ2v) is 5.67. The number of amides is 1. The molecule has 6 nitrogen and oxygen atoms in total. The average Bonchev–Trinajstić information content (AvgIpc) is 2.59. The number of nitrogens with one attached hydrogen (secondary N) is 1. The van der Waals surface area contributed by atoms with Crippen LogP contribution in [-0.4, -0.2) is 38.1 Å². The number of halogens is 3. The molecule has 0 spiro atoms. The highest BCUT2D eigenvalue weighted by atomic mass is 19.4. The first-order valence-electron chi connectivity index (χ1n) is 7.69. The van der Waals surface area contributed by atoms with Crippen molar-refractivity contribution in [1.82, 2.24) is 5.32 Å². The molecule has 1 rings (SSSR count). The maximum atomic E-state index is 12.5. The maximum absolute atomic E-state index is 12.5. The third-order valence-corrected chi connectivity index (χ3v) is 3.66. The van der Waals surface area contributed by atoms with Crippen molar-refractivity contribution < 1.29 is 37.0 Å². The number of alkyl halides is 3. The molecule has 0 heterocycles. The van der Waals surface area contributed by atoms with Crippen molar-refractivity contribution in [2.24, 2.45) is 5.92 Å². The van der Waals surface area contributed by atoms with Gasteiger partial charge in [0, 0.05) is 0 Å². The quantitative estimate of drug-likeness (QED) is 0.738. The summed E-state index contributed by atoms with van der Waals surface area (Å²) < 4.78 is 46.8. The molecule has 9 heteroatoms. The topological polar surface area (TPSA) is 81.7 Å². The van der Waals surface area contributed by atoms with Gasteiger partial charge in [0.25, 0.3) is 0 Å². The lowest BCUT2D eigenvalue weighted by Gasteiger charge is -2.19. The summed E-state index contributed by atoms with van der Waals surface area (Å²) in [5.74, 6) is -2.52. The molecule has 1 N–H and O–H groups in total. The maximum Gasteiger partial charge on any atom is 0.416 e. The molecule has 0 aliphatic heterocycles. The van der Waals surface area contributed by atoms with E-state index < -0.39 is 41.5 Å². The molecule has 0 fully saturated rings. The second kappa shape index (κ2) is 9.21. The Morgan fingerprint density at radius 3 is 2.04 bits per heavy atom. The number of rotatable bonds is 7. The summed E-state index contributed by atoms with van der Waals surface area (Å²) in [5.41, 5.74) is -0.471. The van der Waals surface area contributed by atoms with Gasteiger partial charge in [-0.15, -0.1) is 0 Å². The Hall–Kier alpha value is -2.58. The van der Waals surface area contributed by atoms with Gasteiger partial charge in [-0.05, 0) is 24.1 Å². The summed E-state index contributed by atoms with van der Waals surface area (Å²) in [4.78, 5) is 35.3. The van der Waals surface area contributed by atoms with E-state index >= 15 is 0 Å². The second-order valence-electron chi connectivity index (χ2n) is 5.67. The van der Waals surface area contributed by atoms with Crippen molar-refractivity contribution in [2.75, 3.05) is 14.2 Å². The Kier molecular flexibility index (Phi) is 7.60. The summed E-state index contributed by atoms with van der Waals surface area (Å²) >= 11 is 0. The molecular weight excluding hydrogens is 355 g/mol. The van der Waals surface area contributed by atoms with Crippen molar-refractivity contribution in [3.8, 4) is 0 Å². The molecule has 0 saturated heterocycles. The van der Waals surface area contributed by atoms with Gasteiger partial charge >= 0.3 is 18.1 Å². The number of ether oxygens (including phenoxy) is 2. The van der Waals surface area contributed by atoms with Crippen LogP contribution in [0.2, 0.25) is 0 Å². The average molecular weight is 375 g/mol. The lowest BCUT2D eigenvalue weighted by molar-refractivity contribution is -0.149. The zero-order chi connectivity index (χ0) is 19.9. The van der Waals surface area contributed by atoms with Crippen LogP contribution in [0.25, 0.3) is 0 Å². The van der Waals surface area contributed by atoms with E-state index in [0.717, 1.165) is 19.2 Å². The highest BCUT2D eigenvalue weighted by Gasteiger charge is 2.30. The number of esters is 2. The van der Waals surface area contributed by atoms with E-state index in [1.807, 2.05) is 0 Å². The fourth-order valence-corrected chi connectivity index (χ4v) is 2.25. The Bertz CT molecular complexity index is 643. The fourth-order valence-electron chi connectivity index (χ4n) is 2.25. The first-order valence-corrected chi connectivity index (χ1v) is 7.69. The molecule has 0 unspecified atom stereocenters. The first-order chi connectivity index (χ1) is 12.1. The third kappa shape index (κ3) is 6.38. The zero-order valence-corrected chi connectivity index (χ0v) is 14.6. The molecule has 26 heavy (non-hydrogen) atoms. The van der Waals surface area contributed by atoms with Crippen LogP contribution < -0.4 is 5.32 Å². The van der Waals surface area contributed by atoms with Gasteiger partial charge in [0.15, 0.2) is 0 Å². The fraction of sp³-hybridized carbons (Fsp3) is 0.471. The van der Waals surface area contributed by atoms with Crippen LogP contribution in [-0.2, 0) is 36.5 Å². The van der Waals surface area contributed by atoms with Gasteiger partial charge in [0.05, 0.1) is 32.1 Å². The Labute approximate surface area is 148 Å². The molecule has 0 bridgehead atoms. The monoisotopic (exact) mass is 375 g/mol. The minimum atomic E-state index is -4.46. The number of benzene rings is 1. The van der Waals surface area contributed by atoms with Gasteiger partial charge in [-0.3, -0.25) is 9.59 Å². The first kappa shape index (κ1) is 21.5. The van der Waals surface area contributed by atoms with Crippen molar-refractivity contribution in [3.63, 3.8) is 0 Å². The summed E-state index contributed by atoms with van der Waals surface area (Å²) in [7, 11) is 2.34. The molecule has 1 amide bonds. The van der Waals surface area contributed by atoms with Crippen LogP contribution in [0.1, 0.15) is 24.5 Å². The summed E-state index contributed by atoms with van der Waals surface area (Å²) in [5, 5.41) is 2.43. The molecule has 2 atom stereocenters. The number of hydrogen-bond donors (Lipinski definition) is 1. The minimum Gasteiger partial charge on any atom is -0.469 e. The van der Waals surface area contributed by atoms with Crippen LogP contribution in [0.4, 0.5) is 13.2 Å². The van der Waals surface area contributed by atoms with E-state index in [9.17, 15) is 27.6 Å². The molecule has 1 aromatic rings. The minimum absolute atomic E-state index is 0.0297. The normalized spacial score (nSPS) is 13.5. The van der Waals surface area contributed by atoms with Gasteiger partial charge < -0.3 is 14.8 Å². The zero-order valence-electron chi connectivity index (χ0n) is 14.6. The number of carbonyl (C=O) groups excluding carboxylic acids is 3. The molecule has 0 aliphatic rings. The molecular formula is C17H20F3NO5. The van der Waals surface area contributed by atoms with E-state index in [-0.39, 0.29) is 12.8 Å². The van der Waals surface area contributed by atoms with Gasteiger partial charge in [-0.2, -0.15) is 13.2 Å². The summed E-state index contributed by atoms with van der Waals surface area (Å²) in [6.07, 6.45) is -4.71. The van der Waals surface area contributed by atoms with E-state index in [1.54, 1.807) is 0 Å². The van der Waals surface area contributed by atoms with E-state index in [0.29, 0.717) is 5.56 Å². The van der Waals surface area contributed by atoms with Gasteiger partial charge in [0.2, 0.25) is 5.91 Å². The summed E-state index contributed by atoms with van der Waals surface area (Å²) in [6, 6.07) is 3.05. The number of hydrogen-bond acceptors (Lipinski definition) is 5. The highest BCUT2D eigenvalue weighted by Crippen LogP contribution is 2.29. The van der Waals surface area contributed by atoms with E-state index in [2.05, 4.69) is 14.8 Å². The molecule has 144 valence electrons. The number of methoxy groups -OCH3 is 2. The lowest BCUT2D eigenvalue weighted by atomic mass is 10.0. The van der Waals surface area contributed by atoms with Crippen molar-refractivity contribution in [2.45, 2.75) is 32.0 Å². The van der Waals surface area contributed by atoms with Crippen LogP contribution >= 0.6 is 0 Å². The van der Waals surface area contributed by atoms with Crippen molar-refractivity contribution in [3.05, 3.63) is 35.4 Å². The van der Waals surface area contributed by atoms with Crippen LogP contribution in [0.3, 0.4) is 0 Å². The van der Waals surface area contributed by atoms with Crippen LogP contribution in [0.15, 0.2) is 24.3 Å². The summed E-state index contributed by atoms with van der Waals surface area (Å²) in [6.45, 7) is 1.53. The SMILES string of the molecule is COC(=O)[C@@H](C)C[C@@H](NC(=O)Cc1ccc(C(F)(F)F)cc1)C(=O)OC. The number of carbonyl (C=O) groups is 3. The predicted molar refractivity (Wildman–Crippen MR) is 84.9 cm³/mol. The molecule has 0 aliphatic carbocycles. The van der Waals surface area contributed by atoms with Gasteiger partial charge in [0.1, 0.15) is 6.04 Å². The lowest BCUT2D eigenvalue weighted by Crippen LogP contribution is -2.44. The van der Waals surface area contributed by atoms with Crippen molar-refractivity contribution in [1.29, 1.82) is 0 Å². The predicted octanol–water partition coefficient (Wildman–Crippen LogP) is 2.10. The van der Waals surface area contributed by atoms with Crippen molar-refractivity contribution >= 4 is 17.8 Å². The molecule has 0 aromatic heterocycles. The van der Waals surface area contributed by atoms with Crippen LogP contribution in [0, 0.1) is 5.92 Å². The highest BCUT2D eigenvalue weighted by molar-refractivity contribution is 5.86. The van der Waals surface area contributed by atoms with E-state index in [4.69, 9.17) is 0 Å². The molecule has 0 radical (unpaired) electrons. The molecule has 1 aromatic carbocycles. The van der Waals surface area contributed by atoms with Crippen LogP contribution in [0.5, 0.6) is 0 Å². The largest absolute Gasteiger partial charge is 0.469 e. The smallest absolute Gasteiger partial charge is 0.416 e. The third-order valence-electron chi connectivity index (χ3n) is 3.66. The van der Waals surface area contributed by atoms with Gasteiger partial charge in [-0.25, -0.2) is 4.79 Å². The Morgan fingerprint density at radius 2 is 1.58 bits per heavy atom. The Balaban J connectivity index is 2.74. The molecule has 0 saturated carbocycles.